The summed E-state index contributed by atoms with van der Waals surface area (Å²) in [5.74, 6) is 4.01. The molecule has 0 spiro atoms. The average Bonchev–Trinajstić information content (AvgIpc) is 3.27. The number of benzene rings is 2. The number of fused-ring (bicyclic) bond motifs is 1. The van der Waals surface area contributed by atoms with E-state index >= 15 is 0 Å². The summed E-state index contributed by atoms with van der Waals surface area (Å²) in [5.41, 5.74) is 1.92. The van der Waals surface area contributed by atoms with Gasteiger partial charge in [-0.1, -0.05) is 47.3 Å². The molecule has 1 fully saturated rings. The Bertz CT molecular complexity index is 1370. The molecule has 1 aliphatic carbocycles. The molecular formula is C22H19N7O2S. The summed E-state index contributed by atoms with van der Waals surface area (Å²) < 4.78 is 14.6. The molecule has 0 bridgehead atoms. The van der Waals surface area contributed by atoms with Gasteiger partial charge in [-0.25, -0.2) is 0 Å². The number of hydrogen-bond donors (Lipinski definition) is 0. The Morgan fingerprint density at radius 1 is 1.03 bits per heavy atom. The van der Waals surface area contributed by atoms with E-state index in [0.717, 1.165) is 41.3 Å². The van der Waals surface area contributed by atoms with E-state index in [-0.39, 0.29) is 0 Å². The van der Waals surface area contributed by atoms with Crippen LogP contribution in [0.15, 0.2) is 64.3 Å². The third kappa shape index (κ3) is 3.42. The molecule has 32 heavy (non-hydrogen) atoms. The zero-order chi connectivity index (χ0) is 21.5. The lowest BCUT2D eigenvalue weighted by molar-refractivity contribution is 0.414. The lowest BCUT2D eigenvalue weighted by atomic mass is 10.2. The van der Waals surface area contributed by atoms with Crippen LogP contribution in [0.5, 0.6) is 5.75 Å². The van der Waals surface area contributed by atoms with Gasteiger partial charge in [0.1, 0.15) is 5.75 Å². The van der Waals surface area contributed by atoms with Crippen molar-refractivity contribution in [3.8, 4) is 28.6 Å². The number of hydrogen-bond acceptors (Lipinski definition) is 8. The first kappa shape index (κ1) is 19.1. The van der Waals surface area contributed by atoms with E-state index in [4.69, 9.17) is 14.4 Å². The standard InChI is InChI=1S/C22H19N7O2S/c1-30-17-11-7-15(8-12-17)20-23-18(27-31-20)13-32-22-25-24-21-28(16-9-10-16)19(26-29(21)22)14-5-3-2-4-6-14/h2-8,11-12,16H,9-10,13H2,1H3. The number of ether oxygens (including phenoxy) is 1. The van der Waals surface area contributed by atoms with Crippen molar-refractivity contribution in [3.63, 3.8) is 0 Å². The van der Waals surface area contributed by atoms with Crippen LogP contribution in [0, 0.1) is 0 Å². The lowest BCUT2D eigenvalue weighted by Gasteiger charge is -2.04. The van der Waals surface area contributed by atoms with Crippen molar-refractivity contribution in [1.82, 2.24) is 34.5 Å². The third-order valence-corrected chi connectivity index (χ3v) is 6.23. The molecule has 3 aromatic heterocycles. The van der Waals surface area contributed by atoms with Gasteiger partial charge in [-0.3, -0.25) is 4.57 Å². The van der Waals surface area contributed by atoms with Crippen LogP contribution < -0.4 is 4.74 Å². The van der Waals surface area contributed by atoms with Crippen LogP contribution in [-0.4, -0.2) is 41.6 Å². The topological polar surface area (TPSA) is 96.2 Å². The Morgan fingerprint density at radius 2 is 1.84 bits per heavy atom. The van der Waals surface area contributed by atoms with Crippen LogP contribution in [0.3, 0.4) is 0 Å². The average molecular weight is 446 g/mol. The Labute approximate surface area is 187 Å². The van der Waals surface area contributed by atoms with Gasteiger partial charge in [0.15, 0.2) is 11.6 Å². The largest absolute Gasteiger partial charge is 0.497 e. The molecule has 0 N–H and O–H groups in total. The van der Waals surface area contributed by atoms with Crippen LogP contribution >= 0.6 is 11.8 Å². The van der Waals surface area contributed by atoms with Crippen molar-refractivity contribution in [2.75, 3.05) is 7.11 Å². The highest BCUT2D eigenvalue weighted by Gasteiger charge is 2.31. The van der Waals surface area contributed by atoms with Crippen LogP contribution in [0.1, 0.15) is 24.7 Å². The Kier molecular flexibility index (Phi) is 4.64. The van der Waals surface area contributed by atoms with Crippen molar-refractivity contribution >= 4 is 17.5 Å². The second-order valence-electron chi connectivity index (χ2n) is 7.52. The summed E-state index contributed by atoms with van der Waals surface area (Å²) in [6.07, 6.45) is 2.27. The van der Waals surface area contributed by atoms with Gasteiger partial charge in [0.05, 0.1) is 12.9 Å². The second-order valence-corrected chi connectivity index (χ2v) is 8.46. The highest BCUT2D eigenvalue weighted by Crippen LogP contribution is 2.40. The number of aromatic nitrogens is 7. The van der Waals surface area contributed by atoms with E-state index in [1.165, 1.54) is 11.8 Å². The minimum atomic E-state index is 0.432. The molecule has 0 atom stereocenters. The molecule has 0 saturated heterocycles. The molecule has 10 heteroatoms. The number of methoxy groups -OCH3 is 1. The van der Waals surface area contributed by atoms with Crippen molar-refractivity contribution < 1.29 is 9.26 Å². The maximum atomic E-state index is 5.42. The fraction of sp³-hybridized carbons (Fsp3) is 0.227. The fourth-order valence-corrected chi connectivity index (χ4v) is 4.29. The molecule has 3 heterocycles. The highest BCUT2D eigenvalue weighted by atomic mass is 32.2. The van der Waals surface area contributed by atoms with Gasteiger partial charge in [0.25, 0.3) is 11.7 Å². The third-order valence-electron chi connectivity index (χ3n) is 5.31. The summed E-state index contributed by atoms with van der Waals surface area (Å²) in [6, 6.07) is 18.1. The van der Waals surface area contributed by atoms with E-state index in [1.807, 2.05) is 47.0 Å². The molecule has 0 aliphatic heterocycles. The minimum Gasteiger partial charge on any atom is -0.497 e. The molecule has 1 saturated carbocycles. The van der Waals surface area contributed by atoms with Gasteiger partial charge in [0.2, 0.25) is 5.16 Å². The van der Waals surface area contributed by atoms with Crippen molar-refractivity contribution in [3.05, 3.63) is 60.4 Å². The molecule has 1 aliphatic rings. The number of nitrogens with zero attached hydrogens (tertiary/aromatic N) is 7. The molecule has 0 unspecified atom stereocenters. The molecule has 5 aromatic rings. The Hall–Kier alpha value is -3.66. The first-order valence-corrected chi connectivity index (χ1v) is 11.3. The molecule has 6 rings (SSSR count). The smallest absolute Gasteiger partial charge is 0.257 e. The van der Waals surface area contributed by atoms with Crippen molar-refractivity contribution in [1.29, 1.82) is 0 Å². The predicted octanol–water partition coefficient (Wildman–Crippen LogP) is 4.28. The van der Waals surface area contributed by atoms with Crippen LogP contribution in [0.4, 0.5) is 0 Å². The van der Waals surface area contributed by atoms with E-state index in [0.29, 0.717) is 28.7 Å². The molecule has 0 amide bonds. The minimum absolute atomic E-state index is 0.432. The first-order valence-electron chi connectivity index (χ1n) is 10.3. The molecule has 0 radical (unpaired) electrons. The number of rotatable bonds is 7. The van der Waals surface area contributed by atoms with E-state index in [2.05, 4.69) is 37.0 Å². The molecular weight excluding hydrogens is 426 g/mol. The zero-order valence-corrected chi connectivity index (χ0v) is 18.1. The van der Waals surface area contributed by atoms with Crippen LogP contribution in [-0.2, 0) is 5.75 Å². The Morgan fingerprint density at radius 3 is 2.59 bits per heavy atom. The summed E-state index contributed by atoms with van der Waals surface area (Å²) >= 11 is 1.48. The van der Waals surface area contributed by atoms with Crippen molar-refractivity contribution in [2.45, 2.75) is 29.8 Å². The summed E-state index contributed by atoms with van der Waals surface area (Å²) in [7, 11) is 1.63. The van der Waals surface area contributed by atoms with Gasteiger partial charge in [0, 0.05) is 17.2 Å². The van der Waals surface area contributed by atoms with Crippen LogP contribution in [0.2, 0.25) is 0 Å². The van der Waals surface area contributed by atoms with E-state index in [1.54, 1.807) is 7.11 Å². The molecule has 160 valence electrons. The quantitative estimate of drug-likeness (QED) is 0.343. The van der Waals surface area contributed by atoms with Crippen molar-refractivity contribution in [2.24, 2.45) is 0 Å². The van der Waals surface area contributed by atoms with E-state index < -0.39 is 0 Å². The summed E-state index contributed by atoms with van der Waals surface area (Å²) in [4.78, 5) is 4.50. The van der Waals surface area contributed by atoms with Gasteiger partial charge in [-0.05, 0) is 37.1 Å². The maximum Gasteiger partial charge on any atom is 0.257 e. The second kappa shape index (κ2) is 7.79. The van der Waals surface area contributed by atoms with Crippen LogP contribution in [0.25, 0.3) is 28.6 Å². The summed E-state index contributed by atoms with van der Waals surface area (Å²) in [5, 5.41) is 18.4. The van der Waals surface area contributed by atoms with Gasteiger partial charge < -0.3 is 9.26 Å². The zero-order valence-electron chi connectivity index (χ0n) is 17.3. The van der Waals surface area contributed by atoms with Gasteiger partial charge in [-0.2, -0.15) is 9.50 Å². The predicted molar refractivity (Wildman–Crippen MR) is 118 cm³/mol. The normalized spacial score (nSPS) is 13.7. The number of thioether (sulfide) groups is 1. The summed E-state index contributed by atoms with van der Waals surface area (Å²) in [6.45, 7) is 0. The fourth-order valence-electron chi connectivity index (χ4n) is 3.57. The monoisotopic (exact) mass is 445 g/mol. The van der Waals surface area contributed by atoms with Gasteiger partial charge >= 0.3 is 0 Å². The Balaban J connectivity index is 1.25. The first-order chi connectivity index (χ1) is 15.8. The molecule has 9 nitrogen and oxygen atoms in total. The molecule has 2 aromatic carbocycles. The maximum absolute atomic E-state index is 5.42. The van der Waals surface area contributed by atoms with E-state index in [9.17, 15) is 0 Å². The SMILES string of the molecule is COc1ccc(-c2nc(CSc3nnc4n(C5CC5)c(-c5ccccc5)nn34)no2)cc1. The lowest BCUT2D eigenvalue weighted by Crippen LogP contribution is -1.98. The highest BCUT2D eigenvalue weighted by molar-refractivity contribution is 7.98. The van der Waals surface area contributed by atoms with Gasteiger partial charge in [-0.15, -0.1) is 15.3 Å².